The average Bonchev–Trinajstić information content (AvgIpc) is 3.67. The number of hydrogen-bond acceptors (Lipinski definition) is 4. The minimum Gasteiger partial charge on any atom is -0.310 e. The predicted octanol–water partition coefficient (Wildman–Crippen LogP) is 16.6. The van der Waals surface area contributed by atoms with Gasteiger partial charge < -0.3 is 4.90 Å². The van der Waals surface area contributed by atoms with Crippen molar-refractivity contribution >= 4 is 78.1 Å². The van der Waals surface area contributed by atoms with E-state index in [0.29, 0.717) is 0 Å². The second kappa shape index (κ2) is 15.2. The first-order valence-corrected chi connectivity index (χ1v) is 27.2. The summed E-state index contributed by atoms with van der Waals surface area (Å²) >= 11 is 1.99. The fraction of sp³-hybridized carbons (Fsp3) is 0.431. The minimum atomic E-state index is -0.235. The molecule has 0 bridgehead atoms. The van der Waals surface area contributed by atoms with E-state index in [4.69, 9.17) is 4.98 Å². The van der Waals surface area contributed by atoms with Crippen molar-refractivity contribution < 1.29 is 0 Å². The summed E-state index contributed by atoms with van der Waals surface area (Å²) in [7, 11) is 0. The van der Waals surface area contributed by atoms with Crippen LogP contribution in [0, 0.1) is 0 Å². The summed E-state index contributed by atoms with van der Waals surface area (Å²) in [6.07, 6.45) is 4.67. The van der Waals surface area contributed by atoms with Gasteiger partial charge in [0.2, 0.25) is 0 Å². The van der Waals surface area contributed by atoms with Crippen LogP contribution in [0.25, 0.3) is 21.2 Å². The molecule has 0 radical (unpaired) electrons. The lowest BCUT2D eigenvalue weighted by Crippen LogP contribution is -2.61. The summed E-state index contributed by atoms with van der Waals surface area (Å²) in [5.74, 6) is 1.05. The van der Waals surface area contributed by atoms with Gasteiger partial charge in [0.25, 0.3) is 6.71 Å². The van der Waals surface area contributed by atoms with Crippen molar-refractivity contribution in [2.45, 2.75) is 181 Å². The smallest absolute Gasteiger partial charge is 0.266 e. The van der Waals surface area contributed by atoms with Crippen LogP contribution in [0.2, 0.25) is 0 Å². The van der Waals surface area contributed by atoms with Gasteiger partial charge in [-0.05, 0) is 151 Å². The fourth-order valence-electron chi connectivity index (χ4n) is 12.5. The molecule has 3 nitrogen and oxygen atoms in total. The van der Waals surface area contributed by atoms with Crippen LogP contribution in [-0.4, -0.2) is 11.7 Å². The lowest BCUT2D eigenvalue weighted by molar-refractivity contribution is 0.332. The number of pyridine rings is 1. The molecular weight excluding hydrogens is 866 g/mol. The Hall–Kier alpha value is -5.13. The highest BCUT2D eigenvalue weighted by atomic mass is 32.1. The van der Waals surface area contributed by atoms with Gasteiger partial charge in [0.15, 0.2) is 0 Å². The second-order valence-electron chi connectivity index (χ2n) is 27.5. The third-order valence-electron chi connectivity index (χ3n) is 17.4. The molecule has 360 valence electrons. The van der Waals surface area contributed by atoms with E-state index in [-0.39, 0.29) is 44.6 Å². The van der Waals surface area contributed by atoms with Crippen molar-refractivity contribution in [2.24, 2.45) is 0 Å². The Morgan fingerprint density at radius 2 is 1.09 bits per heavy atom. The van der Waals surface area contributed by atoms with E-state index in [0.717, 1.165) is 24.4 Å². The topological polar surface area (TPSA) is 19.4 Å². The van der Waals surface area contributed by atoms with Crippen LogP contribution in [-0.2, 0) is 37.9 Å². The molecule has 2 aliphatic carbocycles. The van der Waals surface area contributed by atoms with Crippen molar-refractivity contribution in [1.29, 1.82) is 0 Å². The van der Waals surface area contributed by atoms with Crippen LogP contribution in [0.15, 0.2) is 103 Å². The number of nitrogens with zero attached hydrogens (tertiary/aromatic N) is 3. The van der Waals surface area contributed by atoms with Crippen LogP contribution in [0.4, 0.5) is 34.3 Å². The van der Waals surface area contributed by atoms with Gasteiger partial charge in [-0.3, -0.25) is 4.90 Å². The number of benzene rings is 5. The van der Waals surface area contributed by atoms with Crippen LogP contribution in [0.3, 0.4) is 0 Å². The van der Waals surface area contributed by atoms with Gasteiger partial charge in [-0.15, -0.1) is 11.3 Å². The molecule has 5 aromatic carbocycles. The molecular formula is C65H76BN3S. The van der Waals surface area contributed by atoms with Crippen molar-refractivity contribution in [3.63, 3.8) is 0 Å². The number of thiophene rings is 1. The summed E-state index contributed by atoms with van der Waals surface area (Å²) in [6, 6.07) is 41.3. The van der Waals surface area contributed by atoms with E-state index >= 15 is 0 Å². The van der Waals surface area contributed by atoms with Crippen LogP contribution in [0.5, 0.6) is 0 Å². The Bertz CT molecular complexity index is 3290. The van der Waals surface area contributed by atoms with E-state index in [1.54, 1.807) is 0 Å². The SMILES string of the molecule is CC(C)(C)c1ccc(-c2cc(C(C)(C)C)ccc2N2c3cc4c(cc3B3c5sc6ccccc6c5N(c5ccc6c(c5)C(C)(C)CCC6(C)C)c5cc(C(C)(C)C)nc2c53)C(C)(C)CCC4(C)C)cc1. The zero-order valence-electron chi connectivity index (χ0n) is 45.5. The molecule has 7 aromatic rings. The standard InChI is InChI=1S/C65H76BN3S/c1-59(2,3)40-24-22-39(23-25-40)44-34-41(60(4,5)6)26-29-50(44)69-51-37-48-47(64(14,15)32-33-65(48,16)17)36-49(51)66-55-52(38-54(61(7,8)9)67-58(55)69)68(56-43-20-18-19-21-53(43)70-57(56)66)42-27-28-45-46(35-42)63(12,13)31-30-62(45,10)11/h18-29,34-38H,30-33H2,1-17H3. The van der Waals surface area contributed by atoms with Crippen molar-refractivity contribution in [3.8, 4) is 11.1 Å². The fourth-order valence-corrected chi connectivity index (χ4v) is 13.9. The summed E-state index contributed by atoms with van der Waals surface area (Å²) in [6.45, 7) is 40.7. The highest BCUT2D eigenvalue weighted by molar-refractivity contribution is 7.33. The first-order valence-electron chi connectivity index (χ1n) is 26.3. The molecule has 4 heterocycles. The minimum absolute atomic E-state index is 0.0103. The van der Waals surface area contributed by atoms with Gasteiger partial charge in [0.05, 0.1) is 17.1 Å². The van der Waals surface area contributed by atoms with Crippen molar-refractivity contribution in [1.82, 2.24) is 4.98 Å². The normalized spacial score (nSPS) is 18.5. The summed E-state index contributed by atoms with van der Waals surface area (Å²) in [4.78, 5) is 11.3. The second-order valence-corrected chi connectivity index (χ2v) is 28.5. The summed E-state index contributed by atoms with van der Waals surface area (Å²) in [5, 5.41) is 1.32. The molecule has 0 amide bonds. The molecule has 0 unspecified atom stereocenters. The first kappa shape index (κ1) is 47.2. The zero-order chi connectivity index (χ0) is 50.0. The molecule has 0 fully saturated rings. The molecule has 2 aliphatic heterocycles. The van der Waals surface area contributed by atoms with Gasteiger partial charge in [-0.2, -0.15) is 0 Å². The average molecular weight is 942 g/mol. The van der Waals surface area contributed by atoms with E-state index in [1.165, 1.54) is 112 Å². The Morgan fingerprint density at radius 1 is 0.514 bits per heavy atom. The van der Waals surface area contributed by atoms with Crippen LogP contribution >= 0.6 is 11.3 Å². The molecule has 5 heteroatoms. The Balaban J connectivity index is 1.29. The van der Waals surface area contributed by atoms with E-state index in [2.05, 4.69) is 231 Å². The van der Waals surface area contributed by atoms with Gasteiger partial charge >= 0.3 is 0 Å². The number of aromatic nitrogens is 1. The molecule has 2 aromatic heterocycles. The third kappa shape index (κ3) is 7.28. The Labute approximate surface area is 425 Å². The van der Waals surface area contributed by atoms with Crippen molar-refractivity contribution in [2.75, 3.05) is 9.80 Å². The highest BCUT2D eigenvalue weighted by Gasteiger charge is 2.50. The molecule has 11 rings (SSSR count). The van der Waals surface area contributed by atoms with E-state index in [1.807, 2.05) is 11.3 Å². The van der Waals surface area contributed by atoms with Crippen LogP contribution < -0.4 is 25.5 Å². The number of hydrogen-bond donors (Lipinski definition) is 0. The number of fused-ring (bicyclic) bond motifs is 8. The van der Waals surface area contributed by atoms with Gasteiger partial charge in [-0.25, -0.2) is 4.98 Å². The molecule has 0 N–H and O–H groups in total. The first-order chi connectivity index (χ1) is 32.6. The lowest BCUT2D eigenvalue weighted by Gasteiger charge is -2.47. The maximum atomic E-state index is 6.03. The molecule has 70 heavy (non-hydrogen) atoms. The Kier molecular flexibility index (Phi) is 10.3. The maximum absolute atomic E-state index is 6.03. The quantitative estimate of drug-likeness (QED) is 0.165. The Morgan fingerprint density at radius 3 is 1.70 bits per heavy atom. The maximum Gasteiger partial charge on any atom is 0.266 e. The number of rotatable bonds is 3. The van der Waals surface area contributed by atoms with Crippen LogP contribution in [0.1, 0.15) is 182 Å². The molecule has 0 saturated heterocycles. The van der Waals surface area contributed by atoms with Gasteiger partial charge in [0, 0.05) is 42.9 Å². The lowest BCUT2D eigenvalue weighted by atomic mass is 9.36. The highest BCUT2D eigenvalue weighted by Crippen LogP contribution is 2.54. The monoisotopic (exact) mass is 942 g/mol. The number of anilines is 6. The third-order valence-corrected chi connectivity index (χ3v) is 18.6. The molecule has 0 atom stereocenters. The molecule has 0 saturated carbocycles. The largest absolute Gasteiger partial charge is 0.310 e. The molecule has 4 aliphatic rings. The van der Waals surface area contributed by atoms with E-state index in [9.17, 15) is 0 Å². The summed E-state index contributed by atoms with van der Waals surface area (Å²) in [5.41, 5.74) is 21.1. The zero-order valence-corrected chi connectivity index (χ0v) is 46.3. The predicted molar refractivity (Wildman–Crippen MR) is 306 cm³/mol. The van der Waals surface area contributed by atoms with E-state index < -0.39 is 0 Å². The summed E-state index contributed by atoms with van der Waals surface area (Å²) < 4.78 is 2.74. The van der Waals surface area contributed by atoms with Gasteiger partial charge in [0.1, 0.15) is 5.82 Å². The van der Waals surface area contributed by atoms with Gasteiger partial charge in [-0.1, -0.05) is 178 Å². The van der Waals surface area contributed by atoms with Crippen molar-refractivity contribution in [3.05, 3.63) is 142 Å². The molecule has 0 spiro atoms.